The summed E-state index contributed by atoms with van der Waals surface area (Å²) < 4.78 is 0. The van der Waals surface area contributed by atoms with E-state index in [1.165, 1.54) is 22.3 Å². The Labute approximate surface area is 97.7 Å². The number of allylic oxidation sites excluding steroid dienone is 8. The summed E-state index contributed by atoms with van der Waals surface area (Å²) >= 11 is 0. The molecule has 0 aromatic heterocycles. The Balaban J connectivity index is 2.24. The summed E-state index contributed by atoms with van der Waals surface area (Å²) in [5.41, 5.74) is 11.2. The van der Waals surface area contributed by atoms with Crippen molar-refractivity contribution in [1.82, 2.24) is 0 Å². The topological polar surface area (TPSA) is 26.0 Å². The predicted molar refractivity (Wildman–Crippen MR) is 70.0 cm³/mol. The lowest BCUT2D eigenvalue weighted by Crippen LogP contribution is -2.17. The van der Waals surface area contributed by atoms with Gasteiger partial charge in [0.1, 0.15) is 0 Å². The van der Waals surface area contributed by atoms with Gasteiger partial charge in [-0.15, -0.1) is 0 Å². The summed E-state index contributed by atoms with van der Waals surface area (Å²) in [6.45, 7) is 4.33. The van der Waals surface area contributed by atoms with E-state index in [2.05, 4.69) is 50.3 Å². The molecule has 2 N–H and O–H groups in total. The highest BCUT2D eigenvalue weighted by Gasteiger charge is 2.08. The van der Waals surface area contributed by atoms with Crippen molar-refractivity contribution in [3.05, 3.63) is 58.7 Å². The maximum atomic E-state index is 5.83. The van der Waals surface area contributed by atoms with Crippen LogP contribution in [0.4, 0.5) is 0 Å². The predicted octanol–water partition coefficient (Wildman–Crippen LogP) is 3.42. The van der Waals surface area contributed by atoms with E-state index in [4.69, 9.17) is 5.73 Å². The molecule has 0 fully saturated rings. The normalized spacial score (nSPS) is 25.3. The molecule has 0 spiro atoms. The Hall–Kier alpha value is -1.34. The zero-order chi connectivity index (χ0) is 11.5. The van der Waals surface area contributed by atoms with Crippen LogP contribution in [0, 0.1) is 0 Å². The first-order chi connectivity index (χ1) is 7.65. The minimum absolute atomic E-state index is 0.195. The standard InChI is InChI=1S/C15H19N/c1-11-3-4-14(10-12(2)9-11)13-5-7-15(16)8-6-13/h4-7,9-10,15H,3,8,16H2,1-2H3. The average Bonchev–Trinajstić information content (AvgIpc) is 2.41. The van der Waals surface area contributed by atoms with Crippen LogP contribution in [0.2, 0.25) is 0 Å². The summed E-state index contributed by atoms with van der Waals surface area (Å²) in [6, 6.07) is 0.195. The number of rotatable bonds is 1. The van der Waals surface area contributed by atoms with Gasteiger partial charge in [0.2, 0.25) is 0 Å². The first kappa shape index (κ1) is 11.2. The van der Waals surface area contributed by atoms with E-state index in [1.54, 1.807) is 0 Å². The second-order valence-electron chi connectivity index (χ2n) is 4.66. The van der Waals surface area contributed by atoms with Crippen molar-refractivity contribution >= 4 is 0 Å². The van der Waals surface area contributed by atoms with Gasteiger partial charge in [-0.3, -0.25) is 0 Å². The average molecular weight is 213 g/mol. The largest absolute Gasteiger partial charge is 0.324 e. The lowest BCUT2D eigenvalue weighted by atomic mass is 9.96. The van der Waals surface area contributed by atoms with Crippen molar-refractivity contribution in [2.45, 2.75) is 32.7 Å². The molecule has 0 aromatic carbocycles. The Bertz CT molecular complexity index is 430. The molecule has 0 aromatic rings. The molecular formula is C15H19N. The summed E-state index contributed by atoms with van der Waals surface area (Å²) in [7, 11) is 0. The molecule has 0 amide bonds. The van der Waals surface area contributed by atoms with Gasteiger partial charge in [-0.05, 0) is 37.8 Å². The fourth-order valence-electron chi connectivity index (χ4n) is 2.12. The molecule has 1 atom stereocenters. The number of hydrogen-bond acceptors (Lipinski definition) is 1. The molecule has 1 heteroatoms. The molecule has 0 radical (unpaired) electrons. The monoisotopic (exact) mass is 213 g/mol. The lowest BCUT2D eigenvalue weighted by molar-refractivity contribution is 0.820. The van der Waals surface area contributed by atoms with E-state index < -0.39 is 0 Å². The van der Waals surface area contributed by atoms with Crippen LogP contribution in [0.5, 0.6) is 0 Å². The van der Waals surface area contributed by atoms with Crippen LogP contribution >= 0.6 is 0 Å². The molecule has 0 aliphatic heterocycles. The van der Waals surface area contributed by atoms with E-state index >= 15 is 0 Å². The van der Waals surface area contributed by atoms with Crippen LogP contribution in [0.25, 0.3) is 0 Å². The van der Waals surface area contributed by atoms with Crippen molar-refractivity contribution in [3.63, 3.8) is 0 Å². The smallest absolute Gasteiger partial charge is 0.0262 e. The van der Waals surface area contributed by atoms with Crippen LogP contribution in [0.15, 0.2) is 58.7 Å². The molecule has 0 saturated carbocycles. The molecular weight excluding hydrogens is 194 g/mol. The third-order valence-electron chi connectivity index (χ3n) is 2.97. The van der Waals surface area contributed by atoms with Gasteiger partial charge < -0.3 is 5.73 Å². The molecule has 1 unspecified atom stereocenters. The van der Waals surface area contributed by atoms with Crippen molar-refractivity contribution in [2.24, 2.45) is 5.73 Å². The van der Waals surface area contributed by atoms with Crippen LogP contribution in [-0.2, 0) is 0 Å². The number of nitrogens with two attached hydrogens (primary N) is 1. The van der Waals surface area contributed by atoms with Gasteiger partial charge in [0.15, 0.2) is 0 Å². The highest BCUT2D eigenvalue weighted by atomic mass is 14.6. The first-order valence-electron chi connectivity index (χ1n) is 5.85. The molecule has 16 heavy (non-hydrogen) atoms. The summed E-state index contributed by atoms with van der Waals surface area (Å²) in [5.74, 6) is 0. The summed E-state index contributed by atoms with van der Waals surface area (Å²) in [5, 5.41) is 0. The Morgan fingerprint density at radius 2 is 1.94 bits per heavy atom. The van der Waals surface area contributed by atoms with Crippen LogP contribution in [-0.4, -0.2) is 6.04 Å². The van der Waals surface area contributed by atoms with Crippen LogP contribution < -0.4 is 5.73 Å². The molecule has 84 valence electrons. The minimum Gasteiger partial charge on any atom is -0.324 e. The fourth-order valence-corrected chi connectivity index (χ4v) is 2.12. The van der Waals surface area contributed by atoms with Crippen molar-refractivity contribution in [1.29, 1.82) is 0 Å². The minimum atomic E-state index is 0.195. The Kier molecular flexibility index (Phi) is 3.25. The van der Waals surface area contributed by atoms with Gasteiger partial charge in [0.25, 0.3) is 0 Å². The molecule has 0 heterocycles. The van der Waals surface area contributed by atoms with Crippen molar-refractivity contribution < 1.29 is 0 Å². The highest BCUT2D eigenvalue weighted by Crippen LogP contribution is 2.24. The lowest BCUT2D eigenvalue weighted by Gasteiger charge is -2.12. The second kappa shape index (κ2) is 4.67. The van der Waals surface area contributed by atoms with Gasteiger partial charge in [0.05, 0.1) is 0 Å². The Morgan fingerprint density at radius 3 is 2.62 bits per heavy atom. The van der Waals surface area contributed by atoms with Crippen molar-refractivity contribution in [3.8, 4) is 0 Å². The van der Waals surface area contributed by atoms with E-state index in [0.717, 1.165) is 12.8 Å². The third kappa shape index (κ3) is 2.61. The molecule has 2 rings (SSSR count). The first-order valence-corrected chi connectivity index (χ1v) is 5.85. The third-order valence-corrected chi connectivity index (χ3v) is 2.97. The van der Waals surface area contributed by atoms with E-state index in [1.807, 2.05) is 0 Å². The van der Waals surface area contributed by atoms with Gasteiger partial charge >= 0.3 is 0 Å². The zero-order valence-corrected chi connectivity index (χ0v) is 10.0. The quantitative estimate of drug-likeness (QED) is 0.709. The van der Waals surface area contributed by atoms with Gasteiger partial charge in [-0.1, -0.05) is 47.6 Å². The van der Waals surface area contributed by atoms with E-state index in [0.29, 0.717) is 0 Å². The highest BCUT2D eigenvalue weighted by molar-refractivity contribution is 5.51. The fraction of sp³-hybridized carbons (Fsp3) is 0.333. The van der Waals surface area contributed by atoms with E-state index in [-0.39, 0.29) is 6.04 Å². The van der Waals surface area contributed by atoms with Gasteiger partial charge in [-0.2, -0.15) is 0 Å². The molecule has 0 saturated heterocycles. The van der Waals surface area contributed by atoms with Gasteiger partial charge in [-0.25, -0.2) is 0 Å². The van der Waals surface area contributed by atoms with Crippen LogP contribution in [0.3, 0.4) is 0 Å². The van der Waals surface area contributed by atoms with Gasteiger partial charge in [0, 0.05) is 6.04 Å². The molecule has 2 aliphatic rings. The van der Waals surface area contributed by atoms with Crippen LogP contribution in [0.1, 0.15) is 26.7 Å². The Morgan fingerprint density at radius 1 is 1.12 bits per heavy atom. The SMILES string of the molecule is CC1=CC(C2=CCC(N)C=C2)=CCC(C)=C1. The molecule has 2 aliphatic carbocycles. The second-order valence-corrected chi connectivity index (χ2v) is 4.66. The summed E-state index contributed by atoms with van der Waals surface area (Å²) in [6.07, 6.45) is 15.3. The van der Waals surface area contributed by atoms with E-state index in [9.17, 15) is 0 Å². The van der Waals surface area contributed by atoms with Crippen molar-refractivity contribution in [2.75, 3.05) is 0 Å². The maximum absolute atomic E-state index is 5.83. The summed E-state index contributed by atoms with van der Waals surface area (Å²) in [4.78, 5) is 0. The number of hydrogen-bond donors (Lipinski definition) is 1. The maximum Gasteiger partial charge on any atom is 0.0262 e. The molecule has 1 nitrogen and oxygen atoms in total. The zero-order valence-electron chi connectivity index (χ0n) is 10.0. The molecule has 0 bridgehead atoms.